The predicted molar refractivity (Wildman–Crippen MR) is 88.8 cm³/mol. The second-order valence-corrected chi connectivity index (χ2v) is 8.08. The van der Waals surface area contributed by atoms with Gasteiger partial charge in [0, 0.05) is 34.3 Å². The van der Waals surface area contributed by atoms with Crippen LogP contribution in [-0.2, 0) is 13.0 Å². The van der Waals surface area contributed by atoms with Crippen molar-refractivity contribution >= 4 is 11.3 Å². The first-order chi connectivity index (χ1) is 10.2. The minimum Gasteiger partial charge on any atom is -0.396 e. The molecule has 2 atom stereocenters. The molecule has 118 valence electrons. The summed E-state index contributed by atoms with van der Waals surface area (Å²) in [5.74, 6) is 0. The Morgan fingerprint density at radius 2 is 2.10 bits per heavy atom. The second-order valence-electron chi connectivity index (χ2n) is 6.83. The van der Waals surface area contributed by atoms with E-state index < -0.39 is 0 Å². The molecule has 2 aliphatic heterocycles. The van der Waals surface area contributed by atoms with E-state index in [0.717, 1.165) is 32.5 Å². The zero-order valence-electron chi connectivity index (χ0n) is 13.3. The molecule has 1 aromatic rings. The highest BCUT2D eigenvalue weighted by molar-refractivity contribution is 7.11. The molecule has 1 N–H and O–H groups in total. The van der Waals surface area contributed by atoms with Crippen LogP contribution in [0.2, 0.25) is 0 Å². The van der Waals surface area contributed by atoms with Crippen molar-refractivity contribution in [2.24, 2.45) is 5.41 Å². The van der Waals surface area contributed by atoms with Crippen molar-refractivity contribution in [3.63, 3.8) is 0 Å². The van der Waals surface area contributed by atoms with E-state index in [1.54, 1.807) is 0 Å². The fourth-order valence-electron chi connectivity index (χ4n) is 4.14. The molecule has 0 aromatic carbocycles. The van der Waals surface area contributed by atoms with Crippen LogP contribution in [0.1, 0.15) is 35.9 Å². The number of fused-ring (bicyclic) bond motifs is 1. The minimum absolute atomic E-state index is 0.160. The molecule has 3 rings (SSSR count). The topological polar surface area (TPSA) is 26.7 Å². The second kappa shape index (κ2) is 6.37. The van der Waals surface area contributed by atoms with Gasteiger partial charge in [-0.1, -0.05) is 6.92 Å². The van der Waals surface area contributed by atoms with Crippen molar-refractivity contribution in [2.75, 3.05) is 33.3 Å². The van der Waals surface area contributed by atoms with Crippen molar-refractivity contribution in [2.45, 2.75) is 45.2 Å². The van der Waals surface area contributed by atoms with E-state index in [4.69, 9.17) is 0 Å². The molecule has 0 spiro atoms. The zero-order valence-corrected chi connectivity index (χ0v) is 14.2. The summed E-state index contributed by atoms with van der Waals surface area (Å²) >= 11 is 1.96. The number of aliphatic hydroxyl groups excluding tert-OH is 1. The van der Waals surface area contributed by atoms with Gasteiger partial charge in [-0.15, -0.1) is 11.3 Å². The number of aliphatic hydroxyl groups is 1. The van der Waals surface area contributed by atoms with Crippen LogP contribution < -0.4 is 0 Å². The van der Waals surface area contributed by atoms with Gasteiger partial charge in [-0.3, -0.25) is 4.90 Å². The summed E-state index contributed by atoms with van der Waals surface area (Å²) in [6.45, 7) is 7.08. The first-order valence-electron chi connectivity index (χ1n) is 8.28. The summed E-state index contributed by atoms with van der Waals surface area (Å²) in [5, 5.41) is 9.96. The number of rotatable bonds is 4. The van der Waals surface area contributed by atoms with E-state index in [1.165, 1.54) is 29.1 Å². The average molecular weight is 308 g/mol. The molecule has 3 heterocycles. The predicted octanol–water partition coefficient (Wildman–Crippen LogP) is 2.59. The summed E-state index contributed by atoms with van der Waals surface area (Å²) in [6, 6.07) is 5.09. The number of aryl methyl sites for hydroxylation is 1. The lowest BCUT2D eigenvalue weighted by atomic mass is 9.69. The first kappa shape index (κ1) is 15.5. The van der Waals surface area contributed by atoms with Gasteiger partial charge >= 0.3 is 0 Å². The van der Waals surface area contributed by atoms with E-state index in [1.807, 2.05) is 11.3 Å². The maximum absolute atomic E-state index is 9.96. The molecular formula is C17H28N2OS. The van der Waals surface area contributed by atoms with Crippen LogP contribution in [0.5, 0.6) is 0 Å². The number of hydrogen-bond acceptors (Lipinski definition) is 4. The van der Waals surface area contributed by atoms with Crippen molar-refractivity contribution in [1.82, 2.24) is 9.80 Å². The molecule has 0 radical (unpaired) electrons. The summed E-state index contributed by atoms with van der Waals surface area (Å²) in [5.41, 5.74) is 0.160. The Bertz CT molecular complexity index is 475. The highest BCUT2D eigenvalue weighted by Crippen LogP contribution is 2.41. The molecule has 0 saturated carbocycles. The molecule has 0 amide bonds. The average Bonchev–Trinajstić information content (AvgIpc) is 2.96. The number of likely N-dealkylation sites (N-methyl/N-ethyl adjacent to an activating group) is 1. The van der Waals surface area contributed by atoms with Crippen LogP contribution in [-0.4, -0.2) is 54.2 Å². The van der Waals surface area contributed by atoms with Crippen molar-refractivity contribution in [1.29, 1.82) is 0 Å². The molecule has 21 heavy (non-hydrogen) atoms. The Morgan fingerprint density at radius 1 is 1.29 bits per heavy atom. The Labute approximate surface area is 132 Å². The molecule has 1 aromatic heterocycles. The van der Waals surface area contributed by atoms with Crippen LogP contribution >= 0.6 is 11.3 Å². The molecule has 2 fully saturated rings. The summed E-state index contributed by atoms with van der Waals surface area (Å²) in [4.78, 5) is 8.05. The molecule has 2 aliphatic rings. The number of thiophene rings is 1. The Balaban J connectivity index is 1.67. The molecular weight excluding hydrogens is 280 g/mol. The van der Waals surface area contributed by atoms with Crippen molar-refractivity contribution in [3.8, 4) is 0 Å². The van der Waals surface area contributed by atoms with E-state index in [-0.39, 0.29) is 5.41 Å². The van der Waals surface area contributed by atoms with E-state index >= 15 is 0 Å². The summed E-state index contributed by atoms with van der Waals surface area (Å²) < 4.78 is 0. The van der Waals surface area contributed by atoms with Crippen LogP contribution in [0, 0.1) is 5.41 Å². The Kier molecular flexibility index (Phi) is 4.69. The molecule has 2 saturated heterocycles. The number of piperidine rings is 2. The van der Waals surface area contributed by atoms with Gasteiger partial charge in [-0.05, 0) is 58.0 Å². The summed E-state index contributed by atoms with van der Waals surface area (Å²) in [6.07, 6.45) is 4.72. The molecule has 3 nitrogen and oxygen atoms in total. The quantitative estimate of drug-likeness (QED) is 0.926. The van der Waals surface area contributed by atoms with Gasteiger partial charge in [0.25, 0.3) is 0 Å². The van der Waals surface area contributed by atoms with Gasteiger partial charge in [0.05, 0.1) is 6.61 Å². The van der Waals surface area contributed by atoms with E-state index in [2.05, 4.69) is 35.9 Å². The van der Waals surface area contributed by atoms with Gasteiger partial charge in [0.15, 0.2) is 0 Å². The van der Waals surface area contributed by atoms with Gasteiger partial charge in [0.2, 0.25) is 0 Å². The largest absolute Gasteiger partial charge is 0.396 e. The molecule has 4 heteroatoms. The highest BCUT2D eigenvalue weighted by Gasteiger charge is 2.46. The van der Waals surface area contributed by atoms with Crippen LogP contribution in [0.25, 0.3) is 0 Å². The molecule has 0 bridgehead atoms. The maximum atomic E-state index is 9.96. The van der Waals surface area contributed by atoms with E-state index in [9.17, 15) is 5.11 Å². The van der Waals surface area contributed by atoms with Gasteiger partial charge in [-0.2, -0.15) is 0 Å². The van der Waals surface area contributed by atoms with Gasteiger partial charge in [0.1, 0.15) is 0 Å². The smallest absolute Gasteiger partial charge is 0.0503 e. The summed E-state index contributed by atoms with van der Waals surface area (Å²) in [7, 11) is 2.23. The van der Waals surface area contributed by atoms with Crippen molar-refractivity contribution < 1.29 is 5.11 Å². The third-order valence-electron chi connectivity index (χ3n) is 5.54. The van der Waals surface area contributed by atoms with Crippen LogP contribution in [0.4, 0.5) is 0 Å². The number of nitrogens with zero attached hydrogens (tertiary/aromatic N) is 2. The number of likely N-dealkylation sites (tertiary alicyclic amines) is 2. The first-order valence-corrected chi connectivity index (χ1v) is 9.09. The number of hydrogen-bond donors (Lipinski definition) is 1. The molecule has 0 unspecified atom stereocenters. The van der Waals surface area contributed by atoms with Crippen molar-refractivity contribution in [3.05, 3.63) is 21.9 Å². The minimum atomic E-state index is 0.160. The van der Waals surface area contributed by atoms with Gasteiger partial charge < -0.3 is 10.0 Å². The third-order valence-corrected chi connectivity index (χ3v) is 6.76. The highest BCUT2D eigenvalue weighted by atomic mass is 32.1. The Morgan fingerprint density at radius 3 is 2.81 bits per heavy atom. The molecule has 0 aliphatic carbocycles. The van der Waals surface area contributed by atoms with Crippen LogP contribution in [0.15, 0.2) is 12.1 Å². The van der Waals surface area contributed by atoms with E-state index in [0.29, 0.717) is 12.6 Å². The fraction of sp³-hybridized carbons (Fsp3) is 0.765. The fourth-order valence-corrected chi connectivity index (χ4v) is 5.14. The van der Waals surface area contributed by atoms with Gasteiger partial charge in [-0.25, -0.2) is 0 Å². The van der Waals surface area contributed by atoms with Crippen LogP contribution in [0.3, 0.4) is 0 Å². The standard InChI is InChI=1S/C17H28N2OS/c1-3-14-5-6-15(21-14)11-19-10-8-17(13-20)7-4-9-18(2)16(17)12-19/h5-6,16,20H,3-4,7-13H2,1-2H3/t16-,17-/m1/s1. The third kappa shape index (κ3) is 3.04. The monoisotopic (exact) mass is 308 g/mol. The lowest BCUT2D eigenvalue weighted by Gasteiger charge is -2.53. The SMILES string of the molecule is CCc1ccc(CN2CC[C@@]3(CO)CCCN(C)[C@@H]3C2)s1. The lowest BCUT2D eigenvalue weighted by Crippen LogP contribution is -2.61. The normalized spacial score (nSPS) is 31.3. The maximum Gasteiger partial charge on any atom is 0.0503 e. The lowest BCUT2D eigenvalue weighted by molar-refractivity contribution is -0.0682. The Hall–Kier alpha value is -0.420. The zero-order chi connectivity index (χ0) is 14.9.